The number of nitrogens with one attached hydrogen (secondary N) is 2. The molecule has 1 aromatic carbocycles. The van der Waals surface area contributed by atoms with E-state index in [1.807, 2.05) is 31.5 Å². The molecule has 0 unspecified atom stereocenters. The van der Waals surface area contributed by atoms with Crippen molar-refractivity contribution in [3.63, 3.8) is 0 Å². The van der Waals surface area contributed by atoms with Crippen molar-refractivity contribution >= 4 is 29.9 Å². The second-order valence-corrected chi connectivity index (χ2v) is 6.82. The van der Waals surface area contributed by atoms with Crippen LogP contribution in [0, 0.1) is 13.8 Å². The maximum atomic E-state index is 12.8. The summed E-state index contributed by atoms with van der Waals surface area (Å²) in [5.41, 5.74) is 2.61. The average molecular weight is 551 g/mol. The number of hydrogen-bond donors (Lipinski definition) is 2. The lowest BCUT2D eigenvalue weighted by Crippen LogP contribution is -2.38. The molecule has 0 amide bonds. The fraction of sp³-hybridized carbons (Fsp3) is 0.500. The van der Waals surface area contributed by atoms with Crippen LogP contribution in [-0.4, -0.2) is 42.2 Å². The molecule has 2 aromatic rings. The highest BCUT2D eigenvalue weighted by molar-refractivity contribution is 14.0. The molecule has 11 heteroatoms. The number of aliphatic imine (C=N–C) groups is 1. The van der Waals surface area contributed by atoms with E-state index in [1.165, 1.54) is 6.07 Å². The highest BCUT2D eigenvalue weighted by Gasteiger charge is 2.20. The van der Waals surface area contributed by atoms with Crippen molar-refractivity contribution in [2.75, 3.05) is 19.9 Å². The number of benzene rings is 1. The number of nitrogens with zero attached hydrogens (tertiary/aromatic N) is 3. The van der Waals surface area contributed by atoms with Crippen molar-refractivity contribution in [2.45, 2.75) is 46.9 Å². The fourth-order valence-electron chi connectivity index (χ4n) is 3.14. The number of hydrogen-bond acceptors (Lipinski definition) is 5. The van der Waals surface area contributed by atoms with E-state index in [-0.39, 0.29) is 43.1 Å². The van der Waals surface area contributed by atoms with E-state index in [0.717, 1.165) is 24.4 Å². The molecule has 31 heavy (non-hydrogen) atoms. The van der Waals surface area contributed by atoms with Crippen molar-refractivity contribution in [3.8, 4) is 17.2 Å². The standard InChI is InChI=1S/C20H27F2N5O3.HI/c1-4-23-20(24-6-5-7-27-14(3)8-13(2)26-27)25-11-15-9-17-18(29-12-28-17)10-16(15)30-19(21)22;/h8-10,19H,4-7,11-12H2,1-3H3,(H2,23,24,25);1H. The maximum absolute atomic E-state index is 12.8. The Morgan fingerprint density at radius 3 is 2.61 bits per heavy atom. The maximum Gasteiger partial charge on any atom is 0.387 e. The zero-order valence-electron chi connectivity index (χ0n) is 17.8. The van der Waals surface area contributed by atoms with Gasteiger partial charge < -0.3 is 24.8 Å². The predicted octanol–water partition coefficient (Wildman–Crippen LogP) is 3.59. The van der Waals surface area contributed by atoms with Crippen molar-refractivity contribution < 1.29 is 23.0 Å². The molecule has 1 aliphatic heterocycles. The van der Waals surface area contributed by atoms with Crippen LogP contribution in [0.4, 0.5) is 8.78 Å². The molecule has 0 saturated heterocycles. The van der Waals surface area contributed by atoms with E-state index < -0.39 is 6.61 Å². The van der Waals surface area contributed by atoms with Gasteiger partial charge in [0.1, 0.15) is 5.75 Å². The summed E-state index contributed by atoms with van der Waals surface area (Å²) in [5.74, 6) is 1.49. The summed E-state index contributed by atoms with van der Waals surface area (Å²) in [5, 5.41) is 10.9. The van der Waals surface area contributed by atoms with Crippen molar-refractivity contribution in [3.05, 3.63) is 35.2 Å². The van der Waals surface area contributed by atoms with Crippen LogP contribution in [0.2, 0.25) is 0 Å². The van der Waals surface area contributed by atoms with Crippen molar-refractivity contribution in [1.29, 1.82) is 0 Å². The lowest BCUT2D eigenvalue weighted by molar-refractivity contribution is -0.0505. The quantitative estimate of drug-likeness (QED) is 0.215. The van der Waals surface area contributed by atoms with Crippen molar-refractivity contribution in [1.82, 2.24) is 20.4 Å². The van der Waals surface area contributed by atoms with Crippen LogP contribution < -0.4 is 24.8 Å². The zero-order valence-corrected chi connectivity index (χ0v) is 20.1. The highest BCUT2D eigenvalue weighted by atomic mass is 127. The Hall–Kier alpha value is -2.31. The highest BCUT2D eigenvalue weighted by Crippen LogP contribution is 2.39. The summed E-state index contributed by atoms with van der Waals surface area (Å²) in [4.78, 5) is 4.49. The van der Waals surface area contributed by atoms with E-state index in [1.54, 1.807) is 6.07 Å². The Bertz CT molecular complexity index is 892. The first-order valence-electron chi connectivity index (χ1n) is 9.86. The average Bonchev–Trinajstić information content (AvgIpc) is 3.27. The summed E-state index contributed by atoms with van der Waals surface area (Å²) in [7, 11) is 0. The molecule has 8 nitrogen and oxygen atoms in total. The number of fused-ring (bicyclic) bond motifs is 1. The fourth-order valence-corrected chi connectivity index (χ4v) is 3.14. The molecular formula is C20H28F2IN5O3. The summed E-state index contributed by atoms with van der Waals surface area (Å²) < 4.78 is 42.7. The second kappa shape index (κ2) is 11.9. The molecule has 0 saturated carbocycles. The van der Waals surface area contributed by atoms with Crippen LogP contribution in [0.3, 0.4) is 0 Å². The monoisotopic (exact) mass is 551 g/mol. The first kappa shape index (κ1) is 25.0. The number of rotatable bonds is 9. The smallest absolute Gasteiger partial charge is 0.387 e. The molecular weight excluding hydrogens is 523 g/mol. The van der Waals surface area contributed by atoms with E-state index in [9.17, 15) is 8.78 Å². The second-order valence-electron chi connectivity index (χ2n) is 6.82. The van der Waals surface area contributed by atoms with Crippen LogP contribution in [0.15, 0.2) is 23.2 Å². The number of alkyl halides is 2. The summed E-state index contributed by atoms with van der Waals surface area (Å²) in [6.07, 6.45) is 0.857. The minimum Gasteiger partial charge on any atom is -0.454 e. The number of aromatic nitrogens is 2. The topological polar surface area (TPSA) is 81.9 Å². The third kappa shape index (κ3) is 7.11. The minimum absolute atomic E-state index is 0. The Labute approximate surface area is 197 Å². The Morgan fingerprint density at radius 1 is 1.23 bits per heavy atom. The summed E-state index contributed by atoms with van der Waals surface area (Å²) >= 11 is 0. The van der Waals surface area contributed by atoms with Gasteiger partial charge in [-0.2, -0.15) is 13.9 Å². The Morgan fingerprint density at radius 2 is 1.97 bits per heavy atom. The number of halogens is 3. The molecule has 2 heterocycles. The van der Waals surface area contributed by atoms with Crippen LogP contribution in [0.1, 0.15) is 30.3 Å². The van der Waals surface area contributed by atoms with E-state index >= 15 is 0 Å². The SMILES string of the molecule is CCNC(=NCc1cc2c(cc1OC(F)F)OCO2)NCCCn1nc(C)cc1C.I. The molecule has 2 N–H and O–H groups in total. The predicted molar refractivity (Wildman–Crippen MR) is 124 cm³/mol. The van der Waals surface area contributed by atoms with Crippen LogP contribution in [-0.2, 0) is 13.1 Å². The van der Waals surface area contributed by atoms with Gasteiger partial charge >= 0.3 is 6.61 Å². The Balaban J connectivity index is 0.00000341. The Kier molecular flexibility index (Phi) is 9.59. The normalized spacial score (nSPS) is 12.6. The third-order valence-electron chi connectivity index (χ3n) is 4.47. The van der Waals surface area contributed by atoms with Crippen molar-refractivity contribution in [2.24, 2.45) is 4.99 Å². The van der Waals surface area contributed by atoms with E-state index in [4.69, 9.17) is 9.47 Å². The summed E-state index contributed by atoms with van der Waals surface area (Å²) in [6.45, 7) is 5.37. The van der Waals surface area contributed by atoms with Gasteiger partial charge in [-0.3, -0.25) is 4.68 Å². The summed E-state index contributed by atoms with van der Waals surface area (Å²) in [6, 6.07) is 5.08. The minimum atomic E-state index is -2.94. The lowest BCUT2D eigenvalue weighted by Gasteiger charge is -2.13. The molecule has 1 aromatic heterocycles. The number of aryl methyl sites for hydroxylation is 3. The van der Waals surface area contributed by atoms with Gasteiger partial charge in [-0.15, -0.1) is 24.0 Å². The largest absolute Gasteiger partial charge is 0.454 e. The molecule has 0 radical (unpaired) electrons. The first-order valence-corrected chi connectivity index (χ1v) is 9.86. The zero-order chi connectivity index (χ0) is 21.5. The van der Waals surface area contributed by atoms with Gasteiger partial charge in [0.2, 0.25) is 6.79 Å². The molecule has 0 fully saturated rings. The lowest BCUT2D eigenvalue weighted by atomic mass is 10.1. The van der Waals surface area contributed by atoms with E-state index in [0.29, 0.717) is 36.1 Å². The number of guanidine groups is 1. The molecule has 172 valence electrons. The van der Waals surface area contributed by atoms with Gasteiger partial charge in [-0.25, -0.2) is 4.99 Å². The van der Waals surface area contributed by atoms with Gasteiger partial charge in [-0.1, -0.05) is 0 Å². The van der Waals surface area contributed by atoms with Crippen LogP contribution in [0.25, 0.3) is 0 Å². The third-order valence-corrected chi connectivity index (χ3v) is 4.47. The molecule has 3 rings (SSSR count). The molecule has 0 aliphatic carbocycles. The molecule has 0 atom stereocenters. The molecule has 1 aliphatic rings. The van der Waals surface area contributed by atoms with Gasteiger partial charge in [-0.05, 0) is 39.3 Å². The molecule has 0 spiro atoms. The van der Waals surface area contributed by atoms with Gasteiger partial charge in [0, 0.05) is 37.0 Å². The number of ether oxygens (including phenoxy) is 3. The van der Waals surface area contributed by atoms with E-state index in [2.05, 4.69) is 25.5 Å². The van der Waals surface area contributed by atoms with Crippen LogP contribution >= 0.6 is 24.0 Å². The van der Waals surface area contributed by atoms with Gasteiger partial charge in [0.25, 0.3) is 0 Å². The first-order chi connectivity index (χ1) is 14.5. The van der Waals surface area contributed by atoms with Gasteiger partial charge in [0.05, 0.1) is 12.2 Å². The molecule has 0 bridgehead atoms. The van der Waals surface area contributed by atoms with Gasteiger partial charge in [0.15, 0.2) is 17.5 Å². The van der Waals surface area contributed by atoms with Crippen LogP contribution in [0.5, 0.6) is 17.2 Å².